The normalized spacial score (nSPS) is 17.8. The van der Waals surface area contributed by atoms with Gasteiger partial charge in [0.25, 0.3) is 17.7 Å². The summed E-state index contributed by atoms with van der Waals surface area (Å²) < 4.78 is 1.86. The molecule has 0 aromatic carbocycles. The third-order valence-electron chi connectivity index (χ3n) is 6.43. The number of rotatable bonds is 11. The van der Waals surface area contributed by atoms with Crippen molar-refractivity contribution in [2.24, 2.45) is 5.16 Å². The molecule has 18 heteroatoms. The van der Waals surface area contributed by atoms with Gasteiger partial charge in [0.05, 0.1) is 0 Å². The zero-order valence-corrected chi connectivity index (χ0v) is 25.8. The topological polar surface area (TPSA) is 217 Å². The summed E-state index contributed by atoms with van der Waals surface area (Å²) >= 11 is 3.73. The average molecular weight is 667 g/mol. The number of carbonyl (C=O) groups excluding carboxylic acids is 3. The summed E-state index contributed by atoms with van der Waals surface area (Å²) in [5.74, 6) is -2.77. The van der Waals surface area contributed by atoms with Gasteiger partial charge in [0.2, 0.25) is 0 Å². The Bertz CT molecular complexity index is 1790. The standard InChI is InChI=1S/C27H23N9O6S3/c1-2-42-34-18(16-11-45-27(29)32-16)22(38)33-19-24(39)36-20(26(40)41)15(10-44-25(19)36)4-3-7-35-8-5-14(6-9-35)23-31-17(12-43-23)21(37)30-13-28/h3-6,8-9,11-12,19,25H,2,7,10H2,1H3,(H4-,29,30,32,33,37,38,40,41)/p+1/b4-3+,34-18-/t19-,25-/m1/s1. The number of carboxylic acid groups (broad SMARTS) is 1. The minimum Gasteiger partial charge on any atom is -0.477 e. The van der Waals surface area contributed by atoms with E-state index in [1.807, 2.05) is 34.4 Å². The number of aliphatic carboxylic acids is 1. The smallest absolute Gasteiger partial charge is 0.352 e. The zero-order chi connectivity index (χ0) is 32.1. The molecule has 2 aliphatic heterocycles. The van der Waals surface area contributed by atoms with Gasteiger partial charge in [-0.15, -0.1) is 34.4 Å². The summed E-state index contributed by atoms with van der Waals surface area (Å²) in [7, 11) is 0. The van der Waals surface area contributed by atoms with Crippen LogP contribution in [0.4, 0.5) is 5.13 Å². The number of β-lactam (4-membered cyclic amide) rings is 1. The van der Waals surface area contributed by atoms with E-state index in [9.17, 15) is 24.3 Å². The molecule has 0 unspecified atom stereocenters. The summed E-state index contributed by atoms with van der Waals surface area (Å²) in [4.78, 5) is 64.7. The molecule has 3 aromatic heterocycles. The Kier molecular flexibility index (Phi) is 9.51. The Morgan fingerprint density at radius 2 is 2.02 bits per heavy atom. The molecule has 1 fully saturated rings. The van der Waals surface area contributed by atoms with Gasteiger partial charge < -0.3 is 21.0 Å². The number of allylic oxidation sites excluding steroid dienone is 2. The number of carboxylic acids is 1. The number of pyridine rings is 1. The molecule has 230 valence electrons. The number of oxime groups is 1. The van der Waals surface area contributed by atoms with Crippen molar-refractivity contribution < 1.29 is 33.7 Å². The first kappa shape index (κ1) is 31.3. The van der Waals surface area contributed by atoms with Crippen molar-refractivity contribution in [3.05, 3.63) is 70.1 Å². The fraction of sp³-hybridized carbons (Fsp3) is 0.222. The molecular formula is C27H24N9O6S3+. The molecule has 45 heavy (non-hydrogen) atoms. The van der Waals surface area contributed by atoms with Crippen molar-refractivity contribution in [3.63, 3.8) is 0 Å². The van der Waals surface area contributed by atoms with Crippen molar-refractivity contribution in [1.29, 1.82) is 5.26 Å². The summed E-state index contributed by atoms with van der Waals surface area (Å²) in [6.07, 6.45) is 8.65. The molecule has 0 saturated carbocycles. The highest BCUT2D eigenvalue weighted by atomic mass is 32.2. The van der Waals surface area contributed by atoms with Crippen LogP contribution in [0.1, 0.15) is 23.1 Å². The molecule has 3 aromatic rings. The molecule has 2 atom stereocenters. The van der Waals surface area contributed by atoms with Crippen LogP contribution < -0.4 is 20.9 Å². The summed E-state index contributed by atoms with van der Waals surface area (Å²) in [5, 5.41) is 30.5. The van der Waals surface area contributed by atoms with Crippen molar-refractivity contribution in [2.45, 2.75) is 24.9 Å². The summed E-state index contributed by atoms with van der Waals surface area (Å²) in [5.41, 5.74) is 7.01. The molecule has 5 rings (SSSR count). The number of nitriles is 1. The van der Waals surface area contributed by atoms with Gasteiger partial charge in [0.15, 0.2) is 36.0 Å². The lowest BCUT2D eigenvalue weighted by Gasteiger charge is -2.49. The van der Waals surface area contributed by atoms with Crippen LogP contribution >= 0.6 is 34.4 Å². The van der Waals surface area contributed by atoms with Crippen LogP contribution in [0.15, 0.2) is 63.9 Å². The van der Waals surface area contributed by atoms with E-state index in [-0.39, 0.29) is 34.5 Å². The number of thioether (sulfide) groups is 1. The Morgan fingerprint density at radius 3 is 2.69 bits per heavy atom. The van der Waals surface area contributed by atoms with E-state index in [1.54, 1.807) is 36.0 Å². The van der Waals surface area contributed by atoms with E-state index >= 15 is 0 Å². The third-order valence-corrected chi connectivity index (χ3v) is 9.30. The molecule has 5 heterocycles. The van der Waals surface area contributed by atoms with Gasteiger partial charge in [-0.2, -0.15) is 5.26 Å². The molecule has 15 nitrogen and oxygen atoms in total. The molecular weight excluding hydrogens is 643 g/mol. The van der Waals surface area contributed by atoms with Crippen LogP contribution in [0, 0.1) is 11.5 Å². The maximum Gasteiger partial charge on any atom is 0.352 e. The van der Waals surface area contributed by atoms with Crippen molar-refractivity contribution in [3.8, 4) is 16.8 Å². The number of thiazole rings is 2. The highest BCUT2D eigenvalue weighted by molar-refractivity contribution is 8.00. The minimum atomic E-state index is -1.25. The van der Waals surface area contributed by atoms with Crippen LogP contribution in [0.25, 0.3) is 10.6 Å². The predicted octanol–water partition coefficient (Wildman–Crippen LogP) is 1.08. The van der Waals surface area contributed by atoms with Gasteiger partial charge in [-0.3, -0.25) is 24.6 Å². The number of nitrogen functional groups attached to an aromatic ring is 1. The van der Waals surface area contributed by atoms with Gasteiger partial charge in [-0.05, 0) is 18.6 Å². The van der Waals surface area contributed by atoms with Gasteiger partial charge in [-0.25, -0.2) is 19.3 Å². The van der Waals surface area contributed by atoms with Gasteiger partial charge >= 0.3 is 5.97 Å². The fourth-order valence-corrected chi connectivity index (χ4v) is 7.05. The number of nitrogens with zero attached hydrogens (tertiary/aromatic N) is 6. The maximum absolute atomic E-state index is 13.1. The van der Waals surface area contributed by atoms with Gasteiger partial charge in [-0.1, -0.05) is 11.2 Å². The monoisotopic (exact) mass is 666 g/mol. The maximum atomic E-state index is 13.1. The van der Waals surface area contributed by atoms with Gasteiger partial charge in [0, 0.05) is 34.2 Å². The first-order valence-electron chi connectivity index (χ1n) is 13.2. The first-order chi connectivity index (χ1) is 21.7. The van der Waals surface area contributed by atoms with E-state index < -0.39 is 35.1 Å². The number of hydrogen-bond donors (Lipinski definition) is 4. The number of aromatic nitrogens is 3. The van der Waals surface area contributed by atoms with Crippen molar-refractivity contribution >= 4 is 69.0 Å². The highest BCUT2D eigenvalue weighted by Crippen LogP contribution is 2.40. The van der Waals surface area contributed by atoms with E-state index in [1.165, 1.54) is 28.0 Å². The van der Waals surface area contributed by atoms with Crippen LogP contribution in [0.5, 0.6) is 0 Å². The second-order valence-electron chi connectivity index (χ2n) is 9.26. The molecule has 3 amide bonds. The lowest BCUT2D eigenvalue weighted by atomic mass is 10.0. The molecule has 5 N–H and O–H groups in total. The van der Waals surface area contributed by atoms with E-state index in [4.69, 9.17) is 15.8 Å². The van der Waals surface area contributed by atoms with E-state index in [0.717, 1.165) is 16.9 Å². The van der Waals surface area contributed by atoms with Crippen LogP contribution in [0.2, 0.25) is 0 Å². The molecule has 0 spiro atoms. The molecule has 0 aliphatic carbocycles. The number of hydrogen-bond acceptors (Lipinski definition) is 13. The zero-order valence-electron chi connectivity index (χ0n) is 23.4. The summed E-state index contributed by atoms with van der Waals surface area (Å²) in [6.45, 7) is 2.31. The molecule has 0 bridgehead atoms. The highest BCUT2D eigenvalue weighted by Gasteiger charge is 2.54. The molecule has 1 saturated heterocycles. The van der Waals surface area contributed by atoms with Crippen molar-refractivity contribution in [1.82, 2.24) is 25.5 Å². The second-order valence-corrected chi connectivity index (χ2v) is 12.1. The van der Waals surface area contributed by atoms with Crippen LogP contribution in [-0.2, 0) is 25.8 Å². The number of fused-ring (bicyclic) bond motifs is 1. The molecule has 2 aliphatic rings. The van der Waals surface area contributed by atoms with E-state index in [2.05, 4.69) is 20.4 Å². The van der Waals surface area contributed by atoms with Crippen LogP contribution in [0.3, 0.4) is 0 Å². The van der Waals surface area contributed by atoms with E-state index in [0.29, 0.717) is 22.9 Å². The quantitative estimate of drug-likeness (QED) is 0.0567. The number of anilines is 1. The first-order valence-corrected chi connectivity index (χ1v) is 16.0. The van der Waals surface area contributed by atoms with Crippen molar-refractivity contribution in [2.75, 3.05) is 18.1 Å². The average Bonchev–Trinajstić information content (AvgIpc) is 3.70. The Hall–Kier alpha value is -5.12. The Morgan fingerprint density at radius 1 is 1.27 bits per heavy atom. The Labute approximate surface area is 267 Å². The lowest BCUT2D eigenvalue weighted by molar-refractivity contribution is -0.686. The summed E-state index contributed by atoms with van der Waals surface area (Å²) in [6, 6.07) is 2.68. The fourth-order valence-electron chi connectivity index (χ4n) is 4.37. The minimum absolute atomic E-state index is 0.138. The largest absolute Gasteiger partial charge is 0.477 e. The predicted molar refractivity (Wildman–Crippen MR) is 164 cm³/mol. The Balaban J connectivity index is 1.24. The second kappa shape index (κ2) is 13.7. The third kappa shape index (κ3) is 6.69. The SMILES string of the molecule is CCO/N=C(\C(=O)N[C@@H]1C(=O)N2C(C(=O)O)=C(/C=C/C[n+]3ccc(-c4nc(C(=O)NC#N)cs4)cc3)CS[C@H]12)c1csc(N)n1. The number of nitrogens with one attached hydrogen (secondary N) is 2. The number of nitrogens with two attached hydrogens (primary N) is 1. The van der Waals surface area contributed by atoms with Crippen LogP contribution in [-0.4, -0.2) is 73.2 Å². The number of amides is 3. The van der Waals surface area contributed by atoms with Gasteiger partial charge in [0.1, 0.15) is 40.1 Å². The lowest BCUT2D eigenvalue weighted by Crippen LogP contribution is -2.71. The number of carbonyl (C=O) groups is 4. The molecule has 0 radical (unpaired) electrons.